The zero-order valence-electron chi connectivity index (χ0n) is 10.5. The highest BCUT2D eigenvalue weighted by Crippen LogP contribution is 2.15. The molecule has 0 aliphatic carbocycles. The van der Waals surface area contributed by atoms with Crippen molar-refractivity contribution in [2.75, 3.05) is 0 Å². The Hall–Kier alpha value is -1.82. The highest BCUT2D eigenvalue weighted by Gasteiger charge is 2.09. The Morgan fingerprint density at radius 1 is 1.11 bits per heavy atom. The molecule has 0 aliphatic rings. The summed E-state index contributed by atoms with van der Waals surface area (Å²) in [5.74, 6) is -0.531. The van der Waals surface area contributed by atoms with Crippen LogP contribution in [0.25, 0.3) is 0 Å². The van der Waals surface area contributed by atoms with E-state index in [9.17, 15) is 14.7 Å². The molecule has 0 saturated carbocycles. The quantitative estimate of drug-likeness (QED) is 0.808. The molecule has 19 heavy (non-hydrogen) atoms. The largest absolute Gasteiger partial charge is 0.860 e. The van der Waals surface area contributed by atoms with Crippen molar-refractivity contribution in [2.24, 2.45) is 14.1 Å². The summed E-state index contributed by atoms with van der Waals surface area (Å²) >= 11 is 3.32. The molecule has 0 unspecified atom stereocenters. The van der Waals surface area contributed by atoms with Crippen LogP contribution in [-0.4, -0.2) is 9.13 Å². The minimum Gasteiger partial charge on any atom is -0.860 e. The van der Waals surface area contributed by atoms with Gasteiger partial charge in [-0.25, -0.2) is 4.79 Å². The van der Waals surface area contributed by atoms with E-state index in [-0.39, 0.29) is 12.0 Å². The molecule has 0 spiro atoms. The molecule has 0 amide bonds. The van der Waals surface area contributed by atoms with Crippen LogP contribution in [0.5, 0.6) is 5.88 Å². The molecule has 1 aromatic heterocycles. The summed E-state index contributed by atoms with van der Waals surface area (Å²) in [4.78, 5) is 23.6. The Kier molecular flexibility index (Phi) is 3.61. The van der Waals surface area contributed by atoms with Gasteiger partial charge in [0.2, 0.25) is 0 Å². The third-order valence-corrected chi connectivity index (χ3v) is 3.52. The summed E-state index contributed by atoms with van der Waals surface area (Å²) in [6.07, 6.45) is 0.215. The maximum absolute atomic E-state index is 12.0. The highest BCUT2D eigenvalue weighted by atomic mass is 79.9. The van der Waals surface area contributed by atoms with E-state index in [2.05, 4.69) is 15.9 Å². The second-order valence-corrected chi connectivity index (χ2v) is 5.21. The lowest BCUT2D eigenvalue weighted by Crippen LogP contribution is -2.40. The average Bonchev–Trinajstić information content (AvgIpc) is 2.41. The topological polar surface area (TPSA) is 67.1 Å². The van der Waals surface area contributed by atoms with Crippen molar-refractivity contribution in [3.05, 3.63) is 60.7 Å². The van der Waals surface area contributed by atoms with Crippen LogP contribution < -0.4 is 16.4 Å². The van der Waals surface area contributed by atoms with Gasteiger partial charge >= 0.3 is 5.69 Å². The summed E-state index contributed by atoms with van der Waals surface area (Å²) in [6.45, 7) is 0. The van der Waals surface area contributed by atoms with E-state index in [4.69, 9.17) is 0 Å². The van der Waals surface area contributed by atoms with Crippen molar-refractivity contribution in [1.29, 1.82) is 0 Å². The second-order valence-electron chi connectivity index (χ2n) is 4.29. The SMILES string of the molecule is Cn1c([O-])c(Cc2ccc(Br)cc2)c(=O)n(C)c1=O. The van der Waals surface area contributed by atoms with Gasteiger partial charge in [0.05, 0.1) is 0 Å². The van der Waals surface area contributed by atoms with Crippen LogP contribution in [0.3, 0.4) is 0 Å². The number of aromatic nitrogens is 2. The molecule has 0 atom stereocenters. The van der Waals surface area contributed by atoms with Gasteiger partial charge in [0.15, 0.2) is 0 Å². The number of hydrogen-bond acceptors (Lipinski definition) is 3. The lowest BCUT2D eigenvalue weighted by atomic mass is 10.1. The van der Waals surface area contributed by atoms with Gasteiger partial charge in [-0.3, -0.25) is 9.36 Å². The van der Waals surface area contributed by atoms with E-state index in [0.29, 0.717) is 0 Å². The maximum atomic E-state index is 12.0. The zero-order chi connectivity index (χ0) is 14.2. The molecule has 100 valence electrons. The van der Waals surface area contributed by atoms with Crippen LogP contribution in [0.1, 0.15) is 11.1 Å². The van der Waals surface area contributed by atoms with Gasteiger partial charge in [-0.05, 0) is 23.6 Å². The fourth-order valence-electron chi connectivity index (χ4n) is 1.85. The highest BCUT2D eigenvalue weighted by molar-refractivity contribution is 9.10. The fourth-order valence-corrected chi connectivity index (χ4v) is 2.12. The van der Waals surface area contributed by atoms with Gasteiger partial charge in [-0.15, -0.1) is 0 Å². The zero-order valence-corrected chi connectivity index (χ0v) is 12.1. The monoisotopic (exact) mass is 323 g/mol. The van der Waals surface area contributed by atoms with Crippen LogP contribution in [0.15, 0.2) is 38.3 Å². The molecule has 0 N–H and O–H groups in total. The third kappa shape index (κ3) is 2.49. The lowest BCUT2D eigenvalue weighted by molar-refractivity contribution is -0.280. The summed E-state index contributed by atoms with van der Waals surface area (Å²) in [7, 11) is 2.74. The molecule has 6 heteroatoms. The van der Waals surface area contributed by atoms with Gasteiger partial charge in [-0.1, -0.05) is 28.1 Å². The average molecular weight is 324 g/mol. The standard InChI is InChI=1S/C13H13BrN2O3/c1-15-11(17)10(12(18)16(2)13(15)19)7-8-3-5-9(14)6-4-8/h3-6,17H,7H2,1-2H3/p-1. The van der Waals surface area contributed by atoms with E-state index in [1.165, 1.54) is 14.1 Å². The first-order valence-corrected chi connectivity index (χ1v) is 6.41. The van der Waals surface area contributed by atoms with Crippen molar-refractivity contribution in [3.63, 3.8) is 0 Å². The van der Waals surface area contributed by atoms with Crippen LogP contribution in [-0.2, 0) is 20.5 Å². The molecule has 2 aromatic rings. The molecule has 0 aliphatic heterocycles. The van der Waals surface area contributed by atoms with Gasteiger partial charge in [0, 0.05) is 30.6 Å². The van der Waals surface area contributed by atoms with E-state index < -0.39 is 17.1 Å². The minimum atomic E-state index is -0.602. The molecular weight excluding hydrogens is 312 g/mol. The molecule has 0 radical (unpaired) electrons. The van der Waals surface area contributed by atoms with E-state index in [1.54, 1.807) is 0 Å². The van der Waals surface area contributed by atoms with Crippen molar-refractivity contribution < 1.29 is 5.11 Å². The van der Waals surface area contributed by atoms with Gasteiger partial charge in [0.25, 0.3) is 5.56 Å². The van der Waals surface area contributed by atoms with Crippen molar-refractivity contribution in [2.45, 2.75) is 6.42 Å². The Morgan fingerprint density at radius 3 is 2.26 bits per heavy atom. The van der Waals surface area contributed by atoms with E-state index >= 15 is 0 Å². The number of hydrogen-bond donors (Lipinski definition) is 0. The fraction of sp³-hybridized carbons (Fsp3) is 0.231. The lowest BCUT2D eigenvalue weighted by Gasteiger charge is -2.18. The first kappa shape index (κ1) is 13.6. The molecule has 1 heterocycles. The van der Waals surface area contributed by atoms with Crippen LogP contribution >= 0.6 is 15.9 Å². The Balaban J connectivity index is 2.55. The molecule has 1 aromatic carbocycles. The van der Waals surface area contributed by atoms with Crippen LogP contribution in [0, 0.1) is 0 Å². The molecule has 0 bridgehead atoms. The first-order valence-electron chi connectivity index (χ1n) is 5.62. The second kappa shape index (κ2) is 5.05. The predicted molar refractivity (Wildman–Crippen MR) is 73.3 cm³/mol. The number of nitrogens with zero attached hydrogens (tertiary/aromatic N) is 2. The Labute approximate surface area is 117 Å². The molecule has 0 saturated heterocycles. The van der Waals surface area contributed by atoms with E-state index in [0.717, 1.165) is 19.2 Å². The van der Waals surface area contributed by atoms with E-state index in [1.807, 2.05) is 24.3 Å². The van der Waals surface area contributed by atoms with Gasteiger partial charge in [0.1, 0.15) is 0 Å². The van der Waals surface area contributed by atoms with Crippen molar-refractivity contribution in [3.8, 4) is 5.88 Å². The normalized spacial score (nSPS) is 10.7. The molecule has 0 fully saturated rings. The van der Waals surface area contributed by atoms with Gasteiger partial charge < -0.3 is 9.67 Å². The molecule has 2 rings (SSSR count). The Bertz CT molecular complexity index is 729. The van der Waals surface area contributed by atoms with Crippen LogP contribution in [0.2, 0.25) is 0 Å². The summed E-state index contributed by atoms with van der Waals surface area (Å²) in [5.41, 5.74) is -0.187. The number of rotatable bonds is 2. The minimum absolute atomic E-state index is 0.104. The third-order valence-electron chi connectivity index (χ3n) is 2.99. The van der Waals surface area contributed by atoms with Crippen LogP contribution in [0.4, 0.5) is 0 Å². The summed E-state index contributed by atoms with van der Waals surface area (Å²) < 4.78 is 2.83. The summed E-state index contributed by atoms with van der Waals surface area (Å²) in [6, 6.07) is 7.33. The smallest absolute Gasteiger partial charge is 0.329 e. The number of benzene rings is 1. The van der Waals surface area contributed by atoms with Crippen molar-refractivity contribution >= 4 is 15.9 Å². The maximum Gasteiger partial charge on any atom is 0.329 e. The van der Waals surface area contributed by atoms with Gasteiger partial charge in [-0.2, -0.15) is 0 Å². The Morgan fingerprint density at radius 2 is 1.68 bits per heavy atom. The molecular formula is C13H12BrN2O3-. The predicted octanol–water partition coefficient (Wildman–Crippen LogP) is 0.511. The van der Waals surface area contributed by atoms with Crippen molar-refractivity contribution in [1.82, 2.24) is 9.13 Å². The first-order chi connectivity index (χ1) is 8.91. The molecule has 5 nitrogen and oxygen atoms in total. The number of halogens is 1. The summed E-state index contributed by atoms with van der Waals surface area (Å²) in [5, 5.41) is 12.0.